The van der Waals surface area contributed by atoms with E-state index in [-0.39, 0.29) is 11.8 Å². The summed E-state index contributed by atoms with van der Waals surface area (Å²) in [7, 11) is 1.87. The molecule has 2 heterocycles. The highest BCUT2D eigenvalue weighted by Crippen LogP contribution is 2.29. The molecule has 0 saturated carbocycles. The molecule has 5 nitrogen and oxygen atoms in total. The number of halogens is 1. The summed E-state index contributed by atoms with van der Waals surface area (Å²) in [6.45, 7) is 1.73. The molecule has 116 valence electrons. The highest BCUT2D eigenvalue weighted by atomic mass is 35.5. The van der Waals surface area contributed by atoms with Crippen molar-refractivity contribution in [1.82, 2.24) is 9.78 Å². The molecule has 1 aromatic carbocycles. The van der Waals surface area contributed by atoms with Crippen molar-refractivity contribution in [2.45, 2.75) is 19.6 Å². The van der Waals surface area contributed by atoms with Crippen LogP contribution in [0.3, 0.4) is 0 Å². The predicted molar refractivity (Wildman–Crippen MR) is 84.9 cm³/mol. The van der Waals surface area contributed by atoms with E-state index in [9.17, 15) is 4.79 Å². The van der Waals surface area contributed by atoms with Gasteiger partial charge in [0.05, 0.1) is 25.5 Å². The van der Waals surface area contributed by atoms with Crippen molar-refractivity contribution in [3.05, 3.63) is 47.3 Å². The molecule has 2 aromatic rings. The van der Waals surface area contributed by atoms with Crippen LogP contribution in [0.25, 0.3) is 0 Å². The minimum atomic E-state index is -0.109. The fourth-order valence-corrected chi connectivity index (χ4v) is 2.90. The van der Waals surface area contributed by atoms with Gasteiger partial charge >= 0.3 is 0 Å². The number of ether oxygens (including phenoxy) is 1. The van der Waals surface area contributed by atoms with Crippen molar-refractivity contribution in [1.29, 1.82) is 0 Å². The number of hydrogen-bond acceptors (Lipinski definition) is 3. The fourth-order valence-electron chi connectivity index (χ4n) is 2.75. The summed E-state index contributed by atoms with van der Waals surface area (Å²) in [6, 6.07) is 7.89. The van der Waals surface area contributed by atoms with Gasteiger partial charge in [-0.3, -0.25) is 9.48 Å². The second-order valence-corrected chi connectivity index (χ2v) is 5.54. The third-order valence-corrected chi connectivity index (χ3v) is 4.18. The molecule has 1 aliphatic heterocycles. The van der Waals surface area contributed by atoms with Gasteiger partial charge in [-0.1, -0.05) is 12.1 Å². The molecule has 0 fully saturated rings. The minimum Gasteiger partial charge on any atom is -0.376 e. The number of aryl methyl sites for hydroxylation is 1. The van der Waals surface area contributed by atoms with Crippen LogP contribution in [0.1, 0.15) is 16.8 Å². The second kappa shape index (κ2) is 6.50. The van der Waals surface area contributed by atoms with Crippen molar-refractivity contribution in [2.24, 2.45) is 7.05 Å². The molecule has 1 amide bonds. The third-order valence-electron chi connectivity index (χ3n) is 3.95. The summed E-state index contributed by atoms with van der Waals surface area (Å²) in [5.74, 6) is -0.152. The Morgan fingerprint density at radius 2 is 2.32 bits per heavy atom. The van der Waals surface area contributed by atoms with E-state index in [2.05, 4.69) is 5.10 Å². The van der Waals surface area contributed by atoms with Crippen molar-refractivity contribution < 1.29 is 9.53 Å². The lowest BCUT2D eigenvalue weighted by Crippen LogP contribution is -2.33. The molecule has 0 bridgehead atoms. The Hall–Kier alpha value is -1.85. The molecular formula is C16H18ClN3O2. The van der Waals surface area contributed by atoms with E-state index in [4.69, 9.17) is 16.3 Å². The minimum absolute atomic E-state index is 0.0436. The first-order valence-electron chi connectivity index (χ1n) is 7.22. The third kappa shape index (κ3) is 2.87. The summed E-state index contributed by atoms with van der Waals surface area (Å²) in [5, 5.41) is 4.16. The maximum Gasteiger partial charge on any atom is 0.242 e. The molecule has 0 atom stereocenters. The fraction of sp³-hybridized carbons (Fsp3) is 0.375. The van der Waals surface area contributed by atoms with Gasteiger partial charge < -0.3 is 9.64 Å². The number of amides is 1. The summed E-state index contributed by atoms with van der Waals surface area (Å²) < 4.78 is 7.27. The molecule has 0 aliphatic carbocycles. The number of rotatable bonds is 4. The lowest BCUT2D eigenvalue weighted by molar-refractivity contribution is -0.116. The molecule has 3 rings (SSSR count). The maximum atomic E-state index is 12.4. The van der Waals surface area contributed by atoms with Crippen molar-refractivity contribution >= 4 is 23.2 Å². The lowest BCUT2D eigenvalue weighted by atomic mass is 10.00. The van der Waals surface area contributed by atoms with Crippen LogP contribution in [-0.2, 0) is 36.2 Å². The maximum absolute atomic E-state index is 12.4. The smallest absolute Gasteiger partial charge is 0.242 e. The molecule has 0 unspecified atom stereocenters. The molecule has 0 radical (unpaired) electrons. The summed E-state index contributed by atoms with van der Waals surface area (Å²) in [6.07, 6.45) is 2.54. The average Bonchev–Trinajstić information content (AvgIpc) is 2.96. The van der Waals surface area contributed by atoms with Gasteiger partial charge in [-0.25, -0.2) is 0 Å². The Morgan fingerprint density at radius 1 is 1.45 bits per heavy atom. The first-order chi connectivity index (χ1) is 10.7. The van der Waals surface area contributed by atoms with Gasteiger partial charge in [-0.05, 0) is 29.7 Å². The van der Waals surface area contributed by atoms with Crippen LogP contribution in [0, 0.1) is 0 Å². The number of aromatic nitrogens is 2. The van der Waals surface area contributed by atoms with E-state index in [1.165, 1.54) is 5.56 Å². The van der Waals surface area contributed by atoms with Crippen molar-refractivity contribution in [3.63, 3.8) is 0 Å². The van der Waals surface area contributed by atoms with E-state index in [0.717, 1.165) is 23.4 Å². The van der Waals surface area contributed by atoms with E-state index in [1.807, 2.05) is 31.3 Å². The Kier molecular flexibility index (Phi) is 4.45. The number of alkyl halides is 1. The van der Waals surface area contributed by atoms with E-state index in [1.54, 1.807) is 15.8 Å². The lowest BCUT2D eigenvalue weighted by Gasteiger charge is -2.28. The zero-order valence-corrected chi connectivity index (χ0v) is 13.2. The number of fused-ring (bicyclic) bond motifs is 1. The molecule has 0 saturated heterocycles. The summed E-state index contributed by atoms with van der Waals surface area (Å²) in [4.78, 5) is 14.1. The topological polar surface area (TPSA) is 47.4 Å². The normalized spacial score (nSPS) is 13.7. The molecule has 0 spiro atoms. The Balaban J connectivity index is 1.99. The molecular weight excluding hydrogens is 302 g/mol. The standard InChI is InChI=1S/C16H18ClN3O2/c1-19-13(5-7-18-19)10-20(16(21)9-17)15-4-2-3-12-11-22-8-6-14(12)15/h2-5,7H,6,8-11H2,1H3. The SMILES string of the molecule is Cn1nccc1CN(C(=O)CCl)c1cccc2c1CCOC2. The van der Waals surface area contributed by atoms with Crippen LogP contribution in [0.5, 0.6) is 0 Å². The zero-order chi connectivity index (χ0) is 15.5. The van der Waals surface area contributed by atoms with Crippen molar-refractivity contribution in [3.8, 4) is 0 Å². The van der Waals surface area contributed by atoms with Gasteiger partial charge in [0, 0.05) is 18.9 Å². The molecule has 1 aliphatic rings. The first-order valence-corrected chi connectivity index (χ1v) is 7.76. The zero-order valence-electron chi connectivity index (χ0n) is 12.5. The van der Waals surface area contributed by atoms with Crippen molar-refractivity contribution in [2.75, 3.05) is 17.4 Å². The van der Waals surface area contributed by atoms with Crippen LogP contribution in [0.4, 0.5) is 5.69 Å². The van der Waals surface area contributed by atoms with E-state index < -0.39 is 0 Å². The Labute approximate surface area is 134 Å². The van der Waals surface area contributed by atoms with Gasteiger partial charge in [0.2, 0.25) is 5.91 Å². The van der Waals surface area contributed by atoms with E-state index in [0.29, 0.717) is 19.8 Å². The first kappa shape index (κ1) is 15.1. The highest BCUT2D eigenvalue weighted by Gasteiger charge is 2.22. The number of nitrogens with zero attached hydrogens (tertiary/aromatic N) is 3. The van der Waals surface area contributed by atoms with Gasteiger partial charge in [-0.2, -0.15) is 5.10 Å². The van der Waals surface area contributed by atoms with Crippen LogP contribution in [0.15, 0.2) is 30.5 Å². The number of carbonyl (C=O) groups excluding carboxylic acids is 1. The molecule has 6 heteroatoms. The monoisotopic (exact) mass is 319 g/mol. The molecule has 22 heavy (non-hydrogen) atoms. The summed E-state index contributed by atoms with van der Waals surface area (Å²) >= 11 is 5.82. The van der Waals surface area contributed by atoms with Gasteiger partial charge in [0.1, 0.15) is 5.88 Å². The van der Waals surface area contributed by atoms with Crippen LogP contribution in [0.2, 0.25) is 0 Å². The van der Waals surface area contributed by atoms with Crippen LogP contribution < -0.4 is 4.90 Å². The number of hydrogen-bond donors (Lipinski definition) is 0. The summed E-state index contributed by atoms with van der Waals surface area (Å²) in [5.41, 5.74) is 4.20. The molecule has 0 N–H and O–H groups in total. The van der Waals surface area contributed by atoms with E-state index >= 15 is 0 Å². The van der Waals surface area contributed by atoms with Gasteiger partial charge in [0.25, 0.3) is 0 Å². The quantitative estimate of drug-likeness (QED) is 0.812. The number of carbonyl (C=O) groups is 1. The number of benzene rings is 1. The Bertz CT molecular complexity index is 684. The largest absolute Gasteiger partial charge is 0.376 e. The van der Waals surface area contributed by atoms with Crippen LogP contribution >= 0.6 is 11.6 Å². The second-order valence-electron chi connectivity index (χ2n) is 5.28. The predicted octanol–water partition coefficient (Wildman–Crippen LogP) is 2.26. The average molecular weight is 320 g/mol. The van der Waals surface area contributed by atoms with Gasteiger partial charge in [-0.15, -0.1) is 11.6 Å². The molecule has 1 aromatic heterocycles. The Morgan fingerprint density at radius 3 is 3.05 bits per heavy atom. The van der Waals surface area contributed by atoms with Gasteiger partial charge in [0.15, 0.2) is 0 Å². The number of anilines is 1. The highest BCUT2D eigenvalue weighted by molar-refractivity contribution is 6.29. The van der Waals surface area contributed by atoms with Crippen LogP contribution in [-0.4, -0.2) is 28.2 Å².